The summed E-state index contributed by atoms with van der Waals surface area (Å²) in [6.07, 6.45) is 5.30. The number of nitrogen functional groups attached to an aromatic ring is 1. The molecule has 1 saturated carbocycles. The van der Waals surface area contributed by atoms with E-state index in [1.165, 1.54) is 30.2 Å². The average Bonchev–Trinajstić information content (AvgIpc) is 3.12. The van der Waals surface area contributed by atoms with Crippen LogP contribution in [0.15, 0.2) is 12.7 Å². The van der Waals surface area contributed by atoms with Gasteiger partial charge in [0.05, 0.1) is 0 Å². The van der Waals surface area contributed by atoms with E-state index in [2.05, 4.69) is 42.3 Å². The summed E-state index contributed by atoms with van der Waals surface area (Å²) in [7, 11) is 0. The molecule has 9 nitrogen and oxygen atoms in total. The van der Waals surface area contributed by atoms with Gasteiger partial charge in [0.15, 0.2) is 0 Å². The Bertz CT molecular complexity index is 548. The molecule has 3 N–H and O–H groups in total. The van der Waals surface area contributed by atoms with Gasteiger partial charge < -0.3 is 4.90 Å². The summed E-state index contributed by atoms with van der Waals surface area (Å²) < 4.78 is 1.48. The largest absolute Gasteiger partial charge is 0.338 e. The van der Waals surface area contributed by atoms with Gasteiger partial charge in [-0.3, -0.25) is 5.43 Å². The second-order valence-corrected chi connectivity index (χ2v) is 4.26. The average molecular weight is 261 g/mol. The maximum absolute atomic E-state index is 5.41. The third kappa shape index (κ3) is 2.32. The zero-order valence-corrected chi connectivity index (χ0v) is 10.6. The minimum Gasteiger partial charge on any atom is -0.338 e. The lowest BCUT2D eigenvalue weighted by atomic mass is 10.5. The Hall–Kier alpha value is -2.29. The molecule has 100 valence electrons. The van der Waals surface area contributed by atoms with E-state index in [9.17, 15) is 0 Å². The molecule has 0 aliphatic heterocycles. The van der Waals surface area contributed by atoms with Crippen LogP contribution in [0.4, 0.5) is 11.9 Å². The van der Waals surface area contributed by atoms with Gasteiger partial charge in [-0.25, -0.2) is 10.8 Å². The van der Waals surface area contributed by atoms with Gasteiger partial charge in [0, 0.05) is 12.6 Å². The lowest BCUT2D eigenvalue weighted by Crippen LogP contribution is -2.28. The van der Waals surface area contributed by atoms with Crippen molar-refractivity contribution in [1.29, 1.82) is 0 Å². The topological polar surface area (TPSA) is 111 Å². The van der Waals surface area contributed by atoms with Crippen LogP contribution in [0.1, 0.15) is 19.8 Å². The monoisotopic (exact) mass is 261 g/mol. The summed E-state index contributed by atoms with van der Waals surface area (Å²) in [5, 5.41) is 4.01. The van der Waals surface area contributed by atoms with Crippen molar-refractivity contribution in [1.82, 2.24) is 29.7 Å². The van der Waals surface area contributed by atoms with Gasteiger partial charge in [-0.2, -0.15) is 24.7 Å². The van der Waals surface area contributed by atoms with E-state index in [1.807, 2.05) is 0 Å². The van der Waals surface area contributed by atoms with Crippen LogP contribution >= 0.6 is 0 Å². The molecule has 3 rings (SSSR count). The molecule has 0 atom stereocenters. The molecule has 0 radical (unpaired) electrons. The van der Waals surface area contributed by atoms with Crippen LogP contribution in [-0.2, 0) is 0 Å². The van der Waals surface area contributed by atoms with Crippen molar-refractivity contribution in [2.24, 2.45) is 5.84 Å². The third-order valence-electron chi connectivity index (χ3n) is 2.95. The Balaban J connectivity index is 2.01. The summed E-state index contributed by atoms with van der Waals surface area (Å²) in [4.78, 5) is 18.9. The molecular weight excluding hydrogens is 246 g/mol. The van der Waals surface area contributed by atoms with Crippen LogP contribution < -0.4 is 16.2 Å². The second kappa shape index (κ2) is 4.76. The number of hydrogen-bond donors (Lipinski definition) is 2. The highest BCUT2D eigenvalue weighted by molar-refractivity contribution is 5.41. The molecule has 19 heavy (non-hydrogen) atoms. The fourth-order valence-corrected chi connectivity index (χ4v) is 1.91. The highest BCUT2D eigenvalue weighted by atomic mass is 15.4. The van der Waals surface area contributed by atoms with E-state index in [1.54, 1.807) is 0 Å². The number of nitrogens with two attached hydrogens (primary N) is 1. The maximum atomic E-state index is 5.41. The summed E-state index contributed by atoms with van der Waals surface area (Å²) >= 11 is 0. The molecule has 0 aromatic carbocycles. The van der Waals surface area contributed by atoms with Gasteiger partial charge in [-0.05, 0) is 19.8 Å². The fraction of sp³-hybridized carbons (Fsp3) is 0.500. The number of anilines is 2. The Morgan fingerprint density at radius 1 is 1.42 bits per heavy atom. The lowest BCUT2D eigenvalue weighted by Gasteiger charge is -2.20. The van der Waals surface area contributed by atoms with Gasteiger partial charge >= 0.3 is 0 Å². The number of aromatic nitrogens is 6. The zero-order valence-electron chi connectivity index (χ0n) is 10.6. The maximum Gasteiger partial charge on any atom is 0.258 e. The normalized spacial score (nSPS) is 14.4. The molecule has 0 bridgehead atoms. The number of nitrogens with one attached hydrogen (secondary N) is 1. The zero-order chi connectivity index (χ0) is 13.2. The van der Waals surface area contributed by atoms with E-state index < -0.39 is 0 Å². The van der Waals surface area contributed by atoms with Crippen LogP contribution in [0.3, 0.4) is 0 Å². The van der Waals surface area contributed by atoms with E-state index in [-0.39, 0.29) is 0 Å². The van der Waals surface area contributed by atoms with Crippen molar-refractivity contribution < 1.29 is 0 Å². The first kappa shape index (κ1) is 11.8. The molecule has 2 aromatic rings. The molecule has 1 aliphatic carbocycles. The Labute approximate surface area is 109 Å². The van der Waals surface area contributed by atoms with Crippen LogP contribution in [0.25, 0.3) is 5.95 Å². The standard InChI is InChI=1S/C10H15N9/c1-2-18(7-3-4-7)9-14-8(17-11)15-10(16-9)19-6-12-5-13-19/h5-7H,2-4,11H2,1H3,(H,14,15,16,17). The van der Waals surface area contributed by atoms with E-state index >= 15 is 0 Å². The van der Waals surface area contributed by atoms with Crippen molar-refractivity contribution >= 4 is 11.9 Å². The first-order valence-electron chi connectivity index (χ1n) is 6.16. The predicted octanol–water partition coefficient (Wildman–Crippen LogP) is -0.273. The molecule has 1 fully saturated rings. The van der Waals surface area contributed by atoms with Crippen LogP contribution in [0.5, 0.6) is 0 Å². The molecule has 2 heterocycles. The number of nitrogens with zero attached hydrogens (tertiary/aromatic N) is 7. The van der Waals surface area contributed by atoms with Gasteiger partial charge in [0.25, 0.3) is 5.95 Å². The lowest BCUT2D eigenvalue weighted by molar-refractivity contribution is 0.746. The van der Waals surface area contributed by atoms with Gasteiger partial charge in [0.1, 0.15) is 12.7 Å². The van der Waals surface area contributed by atoms with Crippen molar-refractivity contribution in [2.45, 2.75) is 25.8 Å². The van der Waals surface area contributed by atoms with Gasteiger partial charge in [0.2, 0.25) is 11.9 Å². The number of hydrazine groups is 1. The SMILES string of the molecule is CCN(c1nc(NN)nc(-n2cncn2)n1)C1CC1. The van der Waals surface area contributed by atoms with E-state index in [0.29, 0.717) is 23.9 Å². The quantitative estimate of drug-likeness (QED) is 0.559. The molecule has 0 amide bonds. The smallest absolute Gasteiger partial charge is 0.258 e. The van der Waals surface area contributed by atoms with Crippen molar-refractivity contribution in [3.05, 3.63) is 12.7 Å². The second-order valence-electron chi connectivity index (χ2n) is 4.26. The molecule has 0 unspecified atom stereocenters. The highest BCUT2D eigenvalue weighted by Crippen LogP contribution is 2.29. The summed E-state index contributed by atoms with van der Waals surface area (Å²) in [5.74, 6) is 6.73. The van der Waals surface area contributed by atoms with Gasteiger partial charge in [-0.15, -0.1) is 0 Å². The predicted molar refractivity (Wildman–Crippen MR) is 68.6 cm³/mol. The first-order valence-corrected chi connectivity index (χ1v) is 6.16. The minimum absolute atomic E-state index is 0.314. The molecule has 0 spiro atoms. The molecule has 1 aliphatic rings. The van der Waals surface area contributed by atoms with Crippen molar-refractivity contribution in [3.63, 3.8) is 0 Å². The van der Waals surface area contributed by atoms with Crippen molar-refractivity contribution in [3.8, 4) is 5.95 Å². The summed E-state index contributed by atoms with van der Waals surface area (Å²) in [6.45, 7) is 2.92. The molecule has 2 aromatic heterocycles. The van der Waals surface area contributed by atoms with Crippen molar-refractivity contribution in [2.75, 3.05) is 16.9 Å². The molecule has 0 saturated heterocycles. The molecule has 9 heteroatoms. The summed E-state index contributed by atoms with van der Waals surface area (Å²) in [6, 6.07) is 0.515. The molecular formula is C10H15N9. The highest BCUT2D eigenvalue weighted by Gasteiger charge is 2.30. The number of hydrogen-bond acceptors (Lipinski definition) is 8. The first-order chi connectivity index (χ1) is 9.31. The number of rotatable bonds is 5. The fourth-order valence-electron chi connectivity index (χ4n) is 1.91. The Morgan fingerprint density at radius 3 is 2.84 bits per heavy atom. The van der Waals surface area contributed by atoms with E-state index in [4.69, 9.17) is 5.84 Å². The Kier molecular flexibility index (Phi) is 2.95. The van der Waals surface area contributed by atoms with Crippen LogP contribution in [-0.4, -0.2) is 42.3 Å². The summed E-state index contributed by atoms with van der Waals surface area (Å²) in [5.41, 5.74) is 2.46. The van der Waals surface area contributed by atoms with Crippen LogP contribution in [0.2, 0.25) is 0 Å². The minimum atomic E-state index is 0.314. The van der Waals surface area contributed by atoms with E-state index in [0.717, 1.165) is 6.54 Å². The third-order valence-corrected chi connectivity index (χ3v) is 2.95. The Morgan fingerprint density at radius 2 is 2.26 bits per heavy atom. The van der Waals surface area contributed by atoms with Crippen LogP contribution in [0, 0.1) is 0 Å². The van der Waals surface area contributed by atoms with Gasteiger partial charge in [-0.1, -0.05) is 0 Å².